The lowest BCUT2D eigenvalue weighted by atomic mass is 10.1. The lowest BCUT2D eigenvalue weighted by Gasteiger charge is -2.11. The van der Waals surface area contributed by atoms with Crippen LogP contribution in [0.2, 0.25) is 0 Å². The molecule has 10 heteroatoms. The summed E-state index contributed by atoms with van der Waals surface area (Å²) in [7, 11) is 4.01. The number of hydrogen-bond acceptors (Lipinski definition) is 9. The number of alkyl halides is 1. The van der Waals surface area contributed by atoms with E-state index in [1.54, 1.807) is 18.2 Å². The Labute approximate surface area is 238 Å². The van der Waals surface area contributed by atoms with Crippen LogP contribution in [0, 0.1) is 0 Å². The molecule has 9 nitrogen and oxygen atoms in total. The van der Waals surface area contributed by atoms with Crippen LogP contribution in [0.1, 0.15) is 82.6 Å². The van der Waals surface area contributed by atoms with E-state index in [4.69, 9.17) is 14.2 Å². The number of fused-ring (bicyclic) bond motifs is 1. The average molecular weight is 608 g/mol. The molecule has 1 aromatic heterocycles. The summed E-state index contributed by atoms with van der Waals surface area (Å²) in [6.45, 7) is 2.24. The highest BCUT2D eigenvalue weighted by Gasteiger charge is 2.08. The fourth-order valence-electron chi connectivity index (χ4n) is 3.90. The maximum atomic E-state index is 5.77. The summed E-state index contributed by atoms with van der Waals surface area (Å²) < 4.78 is 5.77. The van der Waals surface area contributed by atoms with Crippen molar-refractivity contribution in [2.45, 2.75) is 76.1 Å². The van der Waals surface area contributed by atoms with E-state index in [2.05, 4.69) is 60.1 Å². The third-order valence-electron chi connectivity index (χ3n) is 6.10. The van der Waals surface area contributed by atoms with E-state index in [9.17, 15) is 0 Å². The van der Waals surface area contributed by atoms with Gasteiger partial charge in [0.25, 0.3) is 0 Å². The Kier molecular flexibility index (Phi) is 14.3. The molecule has 3 rings (SSSR count). The van der Waals surface area contributed by atoms with Crippen molar-refractivity contribution in [3.05, 3.63) is 53.9 Å². The van der Waals surface area contributed by atoms with E-state index in [1.807, 2.05) is 43.3 Å². The van der Waals surface area contributed by atoms with E-state index in [0.717, 1.165) is 30.5 Å². The molecule has 0 fully saturated rings. The average Bonchev–Trinajstić information content (AvgIpc) is 3.35. The van der Waals surface area contributed by atoms with Gasteiger partial charge in [-0.3, -0.25) is 0 Å². The van der Waals surface area contributed by atoms with Crippen LogP contribution in [0.3, 0.4) is 0 Å². The fraction of sp³-hybridized carbons (Fsp3) is 0.483. The van der Waals surface area contributed by atoms with Crippen molar-refractivity contribution in [3.63, 3.8) is 0 Å². The van der Waals surface area contributed by atoms with Crippen molar-refractivity contribution in [2.24, 2.45) is 0 Å². The van der Waals surface area contributed by atoms with Gasteiger partial charge in [0.15, 0.2) is 16.3 Å². The van der Waals surface area contributed by atoms with Gasteiger partial charge in [0.2, 0.25) is 5.89 Å². The van der Waals surface area contributed by atoms with Gasteiger partial charge in [0, 0.05) is 42.0 Å². The van der Waals surface area contributed by atoms with Crippen LogP contribution in [-0.2, 0) is 25.0 Å². The van der Waals surface area contributed by atoms with Crippen LogP contribution in [0.15, 0.2) is 46.9 Å². The van der Waals surface area contributed by atoms with Gasteiger partial charge in [-0.2, -0.15) is 4.89 Å². The number of nitrogens with zero attached hydrogens (tertiary/aromatic N) is 2. The minimum Gasteiger partial charge on any atom is -0.437 e. The second kappa shape index (κ2) is 18.0. The molecule has 0 saturated heterocycles. The van der Waals surface area contributed by atoms with Crippen molar-refractivity contribution in [2.75, 3.05) is 19.0 Å². The normalized spacial score (nSPS) is 12.4. The Morgan fingerprint density at radius 1 is 0.846 bits per heavy atom. The summed E-state index contributed by atoms with van der Waals surface area (Å²) in [5.41, 5.74) is 3.37. The predicted octanol–water partition coefficient (Wildman–Crippen LogP) is 8.74. The number of unbranched alkanes of at least 4 members (excludes halogenated alkanes) is 8. The Hall–Kier alpha value is -2.47. The van der Waals surface area contributed by atoms with Gasteiger partial charge in [-0.05, 0) is 58.8 Å². The molecule has 0 spiro atoms. The molecule has 3 aromatic rings. The van der Waals surface area contributed by atoms with Crippen LogP contribution < -0.4 is 9.79 Å². The molecule has 0 saturated carbocycles. The van der Waals surface area contributed by atoms with Crippen molar-refractivity contribution >= 4 is 44.9 Å². The Bertz CT molecular complexity index is 1100. The second-order valence-electron chi connectivity index (χ2n) is 9.48. The molecule has 0 radical (unpaired) electrons. The smallest absolute Gasteiger partial charge is 0.220 e. The number of hydrogen-bond donors (Lipinski definition) is 0. The summed E-state index contributed by atoms with van der Waals surface area (Å²) in [5, 5.41) is 17.4. The van der Waals surface area contributed by atoms with E-state index in [1.165, 1.54) is 44.9 Å². The third kappa shape index (κ3) is 12.1. The standard InChI is InChI=1S/C29H39BrN2O7/c1-4-5-6-7-8-9-10-11-12-13-28(30)35-37-39-38-36-34-25-19-20-26-27(22-25)33-29(31-26)21-16-23-14-17-24(18-15-23)32(2)3/h14-22,28H,4-13H2,1-3H3/b21-16+. The minimum absolute atomic E-state index is 0.318. The molecule has 0 amide bonds. The van der Waals surface area contributed by atoms with Crippen LogP contribution >= 0.6 is 15.9 Å². The van der Waals surface area contributed by atoms with Crippen LogP contribution in [0.5, 0.6) is 5.75 Å². The molecule has 1 heterocycles. The first-order valence-electron chi connectivity index (χ1n) is 13.6. The zero-order valence-electron chi connectivity index (χ0n) is 23.0. The second-order valence-corrected chi connectivity index (χ2v) is 10.5. The van der Waals surface area contributed by atoms with Gasteiger partial charge in [-0.15, -0.1) is 0 Å². The number of anilines is 1. The first-order chi connectivity index (χ1) is 19.0. The molecule has 39 heavy (non-hydrogen) atoms. The fourth-order valence-corrected chi connectivity index (χ4v) is 4.28. The lowest BCUT2D eigenvalue weighted by Crippen LogP contribution is -2.08. The summed E-state index contributed by atoms with van der Waals surface area (Å²) in [5.74, 6) is 0.790. The quantitative estimate of drug-likeness (QED) is 0.0542. The third-order valence-corrected chi connectivity index (χ3v) is 6.71. The van der Waals surface area contributed by atoms with Gasteiger partial charge >= 0.3 is 0 Å². The number of halogens is 1. The molecule has 0 aliphatic rings. The minimum atomic E-state index is -0.318. The molecular formula is C29H39BrN2O7. The molecule has 0 bridgehead atoms. The molecular weight excluding hydrogens is 568 g/mol. The first kappa shape index (κ1) is 31.1. The largest absolute Gasteiger partial charge is 0.437 e. The van der Waals surface area contributed by atoms with Crippen molar-refractivity contribution in [1.29, 1.82) is 0 Å². The summed E-state index contributed by atoms with van der Waals surface area (Å²) >= 11 is 3.37. The predicted molar refractivity (Wildman–Crippen MR) is 154 cm³/mol. The Balaban J connectivity index is 1.27. The zero-order valence-corrected chi connectivity index (χ0v) is 24.6. The molecule has 0 N–H and O–H groups in total. The summed E-state index contributed by atoms with van der Waals surface area (Å²) in [6, 6.07) is 13.2. The van der Waals surface area contributed by atoms with Crippen LogP contribution in [0.4, 0.5) is 5.69 Å². The number of rotatable bonds is 20. The van der Waals surface area contributed by atoms with E-state index >= 15 is 0 Å². The monoisotopic (exact) mass is 606 g/mol. The van der Waals surface area contributed by atoms with Crippen molar-refractivity contribution in [3.8, 4) is 5.75 Å². The molecule has 0 aliphatic carbocycles. The van der Waals surface area contributed by atoms with E-state index in [0.29, 0.717) is 22.7 Å². The van der Waals surface area contributed by atoms with E-state index in [-0.39, 0.29) is 5.01 Å². The highest BCUT2D eigenvalue weighted by Crippen LogP contribution is 2.23. The van der Waals surface area contributed by atoms with Gasteiger partial charge in [0.1, 0.15) is 5.52 Å². The number of aromatic nitrogens is 1. The van der Waals surface area contributed by atoms with E-state index < -0.39 is 0 Å². The maximum Gasteiger partial charge on any atom is 0.220 e. The van der Waals surface area contributed by atoms with Crippen LogP contribution in [0.25, 0.3) is 23.3 Å². The lowest BCUT2D eigenvalue weighted by molar-refractivity contribution is -0.746. The molecule has 1 unspecified atom stereocenters. The topological polar surface area (TPSA) is 84.7 Å². The summed E-state index contributed by atoms with van der Waals surface area (Å²) in [6.07, 6.45) is 15.9. The van der Waals surface area contributed by atoms with Gasteiger partial charge in [0.05, 0.1) is 0 Å². The summed E-state index contributed by atoms with van der Waals surface area (Å²) in [4.78, 5) is 16.5. The molecule has 2 aromatic carbocycles. The van der Waals surface area contributed by atoms with Crippen LogP contribution in [-0.4, -0.2) is 24.1 Å². The van der Waals surface area contributed by atoms with Gasteiger partial charge < -0.3 is 14.2 Å². The van der Waals surface area contributed by atoms with Crippen molar-refractivity contribution in [1.82, 2.24) is 4.98 Å². The number of benzene rings is 2. The molecule has 1 atom stereocenters. The highest BCUT2D eigenvalue weighted by atomic mass is 79.9. The van der Waals surface area contributed by atoms with Gasteiger partial charge in [-0.1, -0.05) is 86.4 Å². The Morgan fingerprint density at radius 2 is 1.54 bits per heavy atom. The Morgan fingerprint density at radius 3 is 2.26 bits per heavy atom. The molecule has 214 valence electrons. The SMILES string of the molecule is CCCCCCCCCCCC(Br)OOOOOOc1ccc2nc(/C=C/c3ccc(N(C)C)cc3)oc2c1. The zero-order chi connectivity index (χ0) is 27.7. The van der Waals surface area contributed by atoms with Gasteiger partial charge in [-0.25, -0.2) is 4.98 Å². The molecule has 0 aliphatic heterocycles. The first-order valence-corrected chi connectivity index (χ1v) is 14.5. The highest BCUT2D eigenvalue weighted by molar-refractivity contribution is 9.09. The number of oxazole rings is 1. The maximum absolute atomic E-state index is 5.77. The van der Waals surface area contributed by atoms with Crippen molar-refractivity contribution < 1.29 is 34.3 Å².